The van der Waals surface area contributed by atoms with E-state index in [1.165, 1.54) is 0 Å². The maximum absolute atomic E-state index is 13.2. The molecular weight excluding hydrogens is 644 g/mol. The van der Waals surface area contributed by atoms with Gasteiger partial charge in [0.25, 0.3) is 11.1 Å². The van der Waals surface area contributed by atoms with Crippen molar-refractivity contribution in [3.8, 4) is 0 Å². The third kappa shape index (κ3) is 6.46. The molecule has 0 saturated carbocycles. The minimum absolute atomic E-state index is 0.123. The van der Waals surface area contributed by atoms with Gasteiger partial charge in [0.2, 0.25) is 5.95 Å². The van der Waals surface area contributed by atoms with Gasteiger partial charge in [0.15, 0.2) is 23.6 Å². The van der Waals surface area contributed by atoms with Crippen LogP contribution in [0.2, 0.25) is 0 Å². The van der Waals surface area contributed by atoms with E-state index in [0.29, 0.717) is 0 Å². The predicted molar refractivity (Wildman–Crippen MR) is 138 cm³/mol. The van der Waals surface area contributed by atoms with Gasteiger partial charge in [0, 0.05) is 12.3 Å². The lowest BCUT2D eigenvalue weighted by molar-refractivity contribution is -0.0625. The van der Waals surface area contributed by atoms with Gasteiger partial charge in [0.1, 0.15) is 36.6 Å². The molecule has 44 heavy (non-hydrogen) atoms. The summed E-state index contributed by atoms with van der Waals surface area (Å²) < 4.78 is 51.6. The van der Waals surface area contributed by atoms with Crippen molar-refractivity contribution in [1.82, 2.24) is 29.1 Å². The molecule has 3 aromatic heterocycles. The highest BCUT2D eigenvalue weighted by atomic mass is 31.3. The van der Waals surface area contributed by atoms with Crippen LogP contribution in [0.15, 0.2) is 33.0 Å². The molecule has 0 spiro atoms. The fourth-order valence-corrected chi connectivity index (χ4v) is 6.65. The SMILES string of the molecule is Nc1nc2c(ncn2[C@@H]2O[C@H](COP(=O)(OC[C@H]3O[C@@H](n4ccc(=O)[nH]c4=O)[C@H](O)[C@@H]3O)OP(=O)(O)O)[C@@H](O)[C@H]2O)c(=O)[nH]1. The number of phosphoric ester groups is 1. The molecule has 2 fully saturated rings. The van der Waals surface area contributed by atoms with Gasteiger partial charge in [-0.2, -0.15) is 9.29 Å². The van der Waals surface area contributed by atoms with E-state index >= 15 is 0 Å². The Morgan fingerprint density at radius 3 is 2.02 bits per heavy atom. The number of rotatable bonds is 10. The molecule has 3 aromatic rings. The van der Waals surface area contributed by atoms with Crippen LogP contribution in [-0.4, -0.2) is 109 Å². The minimum atomic E-state index is -5.59. The molecule has 10 N–H and O–H groups in total. The molecule has 25 heteroatoms. The first-order chi connectivity index (χ1) is 20.6. The lowest BCUT2D eigenvalue weighted by atomic mass is 10.1. The summed E-state index contributed by atoms with van der Waals surface area (Å²) in [5.74, 6) is -0.286. The third-order valence-electron chi connectivity index (χ3n) is 6.52. The summed E-state index contributed by atoms with van der Waals surface area (Å²) in [6.45, 7) is -1.97. The van der Waals surface area contributed by atoms with Gasteiger partial charge in [-0.25, -0.2) is 18.9 Å². The van der Waals surface area contributed by atoms with Gasteiger partial charge in [-0.05, 0) is 0 Å². The number of aliphatic hydroxyl groups is 4. The number of aromatic nitrogens is 6. The maximum Gasteiger partial charge on any atom is 0.483 e. The second kappa shape index (κ2) is 12.0. The number of fused-ring (bicyclic) bond motifs is 1. The second-order valence-electron chi connectivity index (χ2n) is 9.50. The molecular formula is C19H25N7O16P2. The summed E-state index contributed by atoms with van der Waals surface area (Å²) in [5, 5.41) is 41.8. The molecule has 23 nitrogen and oxygen atoms in total. The van der Waals surface area contributed by atoms with E-state index in [-0.39, 0.29) is 17.1 Å². The number of aliphatic hydroxyl groups excluding tert-OH is 4. The van der Waals surface area contributed by atoms with Crippen LogP contribution in [-0.2, 0) is 32.0 Å². The van der Waals surface area contributed by atoms with Crippen molar-refractivity contribution in [1.29, 1.82) is 0 Å². The average Bonchev–Trinajstić information content (AvgIpc) is 3.55. The van der Waals surface area contributed by atoms with Gasteiger partial charge in [-0.1, -0.05) is 0 Å². The summed E-state index contributed by atoms with van der Waals surface area (Å²) in [4.78, 5) is 65.9. The number of nitrogen functional groups attached to an aromatic ring is 1. The molecule has 0 bridgehead atoms. The van der Waals surface area contributed by atoms with Gasteiger partial charge in [-0.3, -0.25) is 37.7 Å². The van der Waals surface area contributed by atoms with Crippen molar-refractivity contribution in [2.45, 2.75) is 49.1 Å². The van der Waals surface area contributed by atoms with E-state index in [2.05, 4.69) is 19.3 Å². The van der Waals surface area contributed by atoms with Crippen LogP contribution < -0.4 is 22.5 Å². The Kier molecular flexibility index (Phi) is 8.78. The molecule has 2 aliphatic heterocycles. The number of phosphoric acid groups is 2. The maximum atomic E-state index is 13.2. The largest absolute Gasteiger partial charge is 0.483 e. The van der Waals surface area contributed by atoms with Gasteiger partial charge >= 0.3 is 21.3 Å². The number of ether oxygens (including phenoxy) is 2. The Morgan fingerprint density at radius 1 is 0.909 bits per heavy atom. The Balaban J connectivity index is 1.29. The number of aromatic amines is 2. The first-order valence-electron chi connectivity index (χ1n) is 12.3. The number of anilines is 1. The fourth-order valence-electron chi connectivity index (χ4n) is 4.49. The van der Waals surface area contributed by atoms with Crippen molar-refractivity contribution in [2.24, 2.45) is 0 Å². The third-order valence-corrected chi connectivity index (χ3v) is 9.11. The van der Waals surface area contributed by atoms with Crippen LogP contribution in [0.4, 0.5) is 5.95 Å². The Morgan fingerprint density at radius 2 is 1.48 bits per heavy atom. The van der Waals surface area contributed by atoms with Crippen LogP contribution in [0.1, 0.15) is 12.5 Å². The van der Waals surface area contributed by atoms with Crippen LogP contribution in [0.3, 0.4) is 0 Å². The second-order valence-corrected chi connectivity index (χ2v) is 12.5. The molecule has 1 unspecified atom stereocenters. The minimum Gasteiger partial charge on any atom is -0.387 e. The average molecular weight is 669 g/mol. The molecule has 2 saturated heterocycles. The molecule has 2 aliphatic rings. The van der Waals surface area contributed by atoms with E-state index in [0.717, 1.165) is 27.7 Å². The normalized spacial score (nSPS) is 30.6. The summed E-state index contributed by atoms with van der Waals surface area (Å²) in [6, 6.07) is 0.936. The molecule has 242 valence electrons. The van der Waals surface area contributed by atoms with Crippen LogP contribution >= 0.6 is 15.6 Å². The van der Waals surface area contributed by atoms with Crippen LogP contribution in [0, 0.1) is 0 Å². The van der Waals surface area contributed by atoms with E-state index in [1.807, 2.05) is 4.98 Å². The topological polar surface area (TPSA) is 346 Å². The highest BCUT2D eigenvalue weighted by Gasteiger charge is 2.49. The van der Waals surface area contributed by atoms with E-state index in [4.69, 9.17) is 24.3 Å². The van der Waals surface area contributed by atoms with Crippen molar-refractivity contribution in [3.63, 3.8) is 0 Å². The lowest BCUT2D eigenvalue weighted by Crippen LogP contribution is -2.37. The van der Waals surface area contributed by atoms with E-state index < -0.39 is 94.7 Å². The highest BCUT2D eigenvalue weighted by molar-refractivity contribution is 7.61. The number of nitrogens with two attached hydrogens (primary N) is 1. The predicted octanol–water partition coefficient (Wildman–Crippen LogP) is -4.26. The van der Waals surface area contributed by atoms with Gasteiger partial charge < -0.3 is 45.4 Å². The number of nitrogens with one attached hydrogen (secondary N) is 2. The highest BCUT2D eigenvalue weighted by Crippen LogP contribution is 2.61. The number of hydrogen-bond donors (Lipinski definition) is 9. The number of nitrogens with zero attached hydrogens (tertiary/aromatic N) is 4. The summed E-state index contributed by atoms with van der Waals surface area (Å²) in [6.07, 6.45) is -11.2. The van der Waals surface area contributed by atoms with Gasteiger partial charge in [0.05, 0.1) is 19.5 Å². The smallest absolute Gasteiger partial charge is 0.387 e. The van der Waals surface area contributed by atoms with Crippen molar-refractivity contribution < 1.29 is 62.2 Å². The molecule has 5 heterocycles. The van der Waals surface area contributed by atoms with Crippen molar-refractivity contribution in [2.75, 3.05) is 18.9 Å². The number of hydrogen-bond acceptors (Lipinski definition) is 17. The Hall–Kier alpha value is -3.15. The van der Waals surface area contributed by atoms with E-state index in [1.54, 1.807) is 0 Å². The standard InChI is InChI=1S/C19H25N7O16P2/c20-18-23-14-9(15(32)24-18)21-5-26(14)17-13(31)11(29)7(41-17)4-39-44(37,42-43(34,35)36)38-3-6-10(28)12(30)16(40-6)25-2-1-8(27)22-19(25)33/h1-2,5-7,10-13,16-17,28-31H,3-4H2,(H,22,27,33)(H2,34,35,36)(H3,20,23,24,32)/t6-,7-,10-,11-,12-,13-,16-,17-,44?/m1/s1. The van der Waals surface area contributed by atoms with E-state index in [9.17, 15) is 53.7 Å². The van der Waals surface area contributed by atoms with Crippen LogP contribution in [0.25, 0.3) is 11.2 Å². The number of H-pyrrole nitrogens is 2. The number of imidazole rings is 1. The zero-order valence-corrected chi connectivity index (χ0v) is 23.6. The zero-order chi connectivity index (χ0) is 32.1. The molecule has 0 amide bonds. The molecule has 5 rings (SSSR count). The monoisotopic (exact) mass is 669 g/mol. The lowest BCUT2D eigenvalue weighted by Gasteiger charge is -2.23. The molecule has 0 aliphatic carbocycles. The zero-order valence-electron chi connectivity index (χ0n) is 21.8. The van der Waals surface area contributed by atoms with Crippen LogP contribution in [0.5, 0.6) is 0 Å². The first-order valence-corrected chi connectivity index (χ1v) is 15.3. The summed E-state index contributed by atoms with van der Waals surface area (Å²) in [7, 11) is -10.9. The fraction of sp³-hybridized carbons (Fsp3) is 0.526. The summed E-state index contributed by atoms with van der Waals surface area (Å²) in [5.41, 5.74) is 2.80. The van der Waals surface area contributed by atoms with Crippen molar-refractivity contribution >= 4 is 32.8 Å². The molecule has 0 radical (unpaired) electrons. The molecule has 0 aromatic carbocycles. The summed E-state index contributed by atoms with van der Waals surface area (Å²) >= 11 is 0. The Bertz CT molecular complexity index is 1800. The quantitative estimate of drug-likeness (QED) is 0.0922. The first kappa shape index (κ1) is 32.2. The molecule has 9 atom stereocenters. The van der Waals surface area contributed by atoms with Crippen molar-refractivity contribution in [3.05, 3.63) is 49.8 Å². The van der Waals surface area contributed by atoms with Gasteiger partial charge in [-0.15, -0.1) is 0 Å². The Labute approximate surface area is 242 Å².